The highest BCUT2D eigenvalue weighted by Crippen LogP contribution is 2.23. The Hall–Kier alpha value is -2.94. The fourth-order valence-electron chi connectivity index (χ4n) is 2.63. The third-order valence-electron chi connectivity index (χ3n) is 4.01. The maximum absolute atomic E-state index is 12.6. The van der Waals surface area contributed by atoms with E-state index in [4.69, 9.17) is 0 Å². The second-order valence-electron chi connectivity index (χ2n) is 6.05. The topological polar surface area (TPSA) is 110 Å². The molecule has 0 aliphatic heterocycles. The molecular weight excluding hydrogens is 370 g/mol. The standard InChI is InChI=1S/C18H21N3O5S/c1-4-14-8-10-16(11-9-14)20(27(3,25)26)13(2)18(22)19-15-6-5-7-17(12-15)21(23)24/h5-13H,4H2,1-3H3,(H,19,22)/t13-/m1/s1. The zero-order chi connectivity index (χ0) is 20.2. The molecule has 0 bridgehead atoms. The number of nitrogens with one attached hydrogen (secondary N) is 1. The van der Waals surface area contributed by atoms with Crippen molar-refractivity contribution in [3.05, 3.63) is 64.2 Å². The summed E-state index contributed by atoms with van der Waals surface area (Å²) in [5.41, 5.74) is 1.46. The van der Waals surface area contributed by atoms with E-state index in [2.05, 4.69) is 5.32 Å². The molecule has 27 heavy (non-hydrogen) atoms. The quantitative estimate of drug-likeness (QED) is 0.576. The lowest BCUT2D eigenvalue weighted by molar-refractivity contribution is -0.384. The third kappa shape index (κ3) is 5.04. The number of sulfonamides is 1. The number of rotatable bonds is 7. The lowest BCUT2D eigenvalue weighted by Gasteiger charge is -2.28. The zero-order valence-corrected chi connectivity index (χ0v) is 16.1. The van der Waals surface area contributed by atoms with Crippen molar-refractivity contribution in [1.82, 2.24) is 0 Å². The summed E-state index contributed by atoms with van der Waals surface area (Å²) in [4.78, 5) is 22.9. The van der Waals surface area contributed by atoms with Crippen molar-refractivity contribution in [2.45, 2.75) is 26.3 Å². The summed E-state index contributed by atoms with van der Waals surface area (Å²) < 4.78 is 25.6. The maximum Gasteiger partial charge on any atom is 0.271 e. The van der Waals surface area contributed by atoms with Crippen molar-refractivity contribution in [2.24, 2.45) is 0 Å². The summed E-state index contributed by atoms with van der Waals surface area (Å²) in [6.07, 6.45) is 1.83. The fraction of sp³-hybridized carbons (Fsp3) is 0.278. The van der Waals surface area contributed by atoms with Crippen LogP contribution in [0.3, 0.4) is 0 Å². The van der Waals surface area contributed by atoms with Crippen molar-refractivity contribution >= 4 is 33.0 Å². The van der Waals surface area contributed by atoms with Crippen LogP contribution in [0.4, 0.5) is 17.1 Å². The summed E-state index contributed by atoms with van der Waals surface area (Å²) in [6.45, 7) is 3.44. The number of nitro groups is 1. The molecule has 2 aromatic carbocycles. The number of nitro benzene ring substituents is 1. The van der Waals surface area contributed by atoms with Crippen LogP contribution in [0.15, 0.2) is 48.5 Å². The van der Waals surface area contributed by atoms with Crippen molar-refractivity contribution < 1.29 is 18.1 Å². The lowest BCUT2D eigenvalue weighted by atomic mass is 10.1. The predicted molar refractivity (Wildman–Crippen MR) is 104 cm³/mol. The highest BCUT2D eigenvalue weighted by Gasteiger charge is 2.29. The molecule has 1 amide bonds. The van der Waals surface area contributed by atoms with Crippen LogP contribution in [0.5, 0.6) is 0 Å². The van der Waals surface area contributed by atoms with Crippen LogP contribution in [0.1, 0.15) is 19.4 Å². The first-order valence-corrected chi connectivity index (χ1v) is 10.1. The van der Waals surface area contributed by atoms with E-state index in [9.17, 15) is 23.3 Å². The summed E-state index contributed by atoms with van der Waals surface area (Å²) in [5, 5.41) is 13.4. The van der Waals surface area contributed by atoms with Gasteiger partial charge in [-0.15, -0.1) is 0 Å². The zero-order valence-electron chi connectivity index (χ0n) is 15.2. The van der Waals surface area contributed by atoms with E-state index in [1.807, 2.05) is 6.92 Å². The summed E-state index contributed by atoms with van der Waals surface area (Å²) in [7, 11) is -3.73. The summed E-state index contributed by atoms with van der Waals surface area (Å²) >= 11 is 0. The molecule has 0 saturated heterocycles. The Kier molecular flexibility index (Phi) is 6.17. The second kappa shape index (κ2) is 8.17. The van der Waals surface area contributed by atoms with Gasteiger partial charge in [-0.1, -0.05) is 25.1 Å². The van der Waals surface area contributed by atoms with Gasteiger partial charge in [0.15, 0.2) is 0 Å². The minimum atomic E-state index is -3.73. The first kappa shape index (κ1) is 20.4. The predicted octanol–water partition coefficient (Wildman–Crippen LogP) is 2.95. The van der Waals surface area contributed by atoms with Crippen molar-refractivity contribution in [1.29, 1.82) is 0 Å². The van der Waals surface area contributed by atoms with Crippen LogP contribution in [0, 0.1) is 10.1 Å². The fourth-order valence-corrected chi connectivity index (χ4v) is 3.81. The molecule has 1 N–H and O–H groups in total. The molecule has 0 saturated carbocycles. The molecule has 0 aromatic heterocycles. The van der Waals surface area contributed by atoms with Crippen molar-refractivity contribution in [3.63, 3.8) is 0 Å². The Morgan fingerprint density at radius 3 is 2.37 bits per heavy atom. The molecule has 2 aromatic rings. The van der Waals surface area contributed by atoms with E-state index in [0.29, 0.717) is 5.69 Å². The van der Waals surface area contributed by atoms with Crippen LogP contribution in [0.25, 0.3) is 0 Å². The van der Waals surface area contributed by atoms with Gasteiger partial charge >= 0.3 is 0 Å². The number of carbonyl (C=O) groups excluding carboxylic acids is 1. The number of benzene rings is 2. The van der Waals surface area contributed by atoms with Crippen LogP contribution < -0.4 is 9.62 Å². The average Bonchev–Trinajstić information content (AvgIpc) is 2.61. The molecule has 0 aliphatic carbocycles. The largest absolute Gasteiger partial charge is 0.324 e. The van der Waals surface area contributed by atoms with Gasteiger partial charge < -0.3 is 5.32 Å². The smallest absolute Gasteiger partial charge is 0.271 e. The molecule has 0 unspecified atom stereocenters. The van der Waals surface area contributed by atoms with Gasteiger partial charge in [-0.05, 0) is 37.1 Å². The molecule has 0 fully saturated rings. The van der Waals surface area contributed by atoms with Crippen LogP contribution in [-0.2, 0) is 21.2 Å². The summed E-state index contributed by atoms with van der Waals surface area (Å²) in [5.74, 6) is -0.597. The van der Waals surface area contributed by atoms with Gasteiger partial charge in [-0.25, -0.2) is 8.42 Å². The third-order valence-corrected chi connectivity index (χ3v) is 5.25. The van der Waals surface area contributed by atoms with Gasteiger partial charge in [0.2, 0.25) is 15.9 Å². The van der Waals surface area contributed by atoms with E-state index >= 15 is 0 Å². The van der Waals surface area contributed by atoms with Gasteiger partial charge in [0, 0.05) is 17.8 Å². The SMILES string of the molecule is CCc1ccc(N([C@H](C)C(=O)Nc2cccc([N+](=O)[O-])c2)S(C)(=O)=O)cc1. The Bertz CT molecular complexity index is 942. The molecular formula is C18H21N3O5S. The van der Waals surface area contributed by atoms with Crippen LogP contribution in [0.2, 0.25) is 0 Å². The first-order chi connectivity index (χ1) is 12.6. The van der Waals surface area contributed by atoms with E-state index in [1.165, 1.54) is 31.2 Å². The second-order valence-corrected chi connectivity index (χ2v) is 7.91. The number of nitrogens with zero attached hydrogens (tertiary/aromatic N) is 2. The Morgan fingerprint density at radius 2 is 1.85 bits per heavy atom. The number of aryl methyl sites for hydroxylation is 1. The molecule has 2 rings (SSSR count). The van der Waals surface area contributed by atoms with Gasteiger partial charge in [0.05, 0.1) is 16.9 Å². The number of hydrogen-bond donors (Lipinski definition) is 1. The number of hydrogen-bond acceptors (Lipinski definition) is 5. The van der Waals surface area contributed by atoms with E-state index in [-0.39, 0.29) is 11.4 Å². The highest BCUT2D eigenvalue weighted by molar-refractivity contribution is 7.92. The Labute approximate surface area is 158 Å². The Morgan fingerprint density at radius 1 is 1.22 bits per heavy atom. The van der Waals surface area contributed by atoms with Crippen LogP contribution >= 0.6 is 0 Å². The van der Waals surface area contributed by atoms with Gasteiger partial charge in [0.25, 0.3) is 5.69 Å². The van der Waals surface area contributed by atoms with Gasteiger partial charge in [-0.2, -0.15) is 0 Å². The molecule has 1 atom stereocenters. The molecule has 9 heteroatoms. The van der Waals surface area contributed by atoms with Crippen LogP contribution in [-0.4, -0.2) is 31.5 Å². The number of anilines is 2. The van der Waals surface area contributed by atoms with E-state index < -0.39 is 26.9 Å². The van der Waals surface area contributed by atoms with E-state index in [0.717, 1.165) is 22.5 Å². The lowest BCUT2D eigenvalue weighted by Crippen LogP contribution is -2.45. The van der Waals surface area contributed by atoms with Crippen molar-refractivity contribution in [2.75, 3.05) is 15.9 Å². The molecule has 0 heterocycles. The summed E-state index contributed by atoms with van der Waals surface area (Å²) in [6, 6.07) is 11.3. The minimum Gasteiger partial charge on any atom is -0.324 e. The van der Waals surface area contributed by atoms with Gasteiger partial charge in [0.1, 0.15) is 6.04 Å². The first-order valence-electron chi connectivity index (χ1n) is 8.27. The van der Waals surface area contributed by atoms with E-state index in [1.54, 1.807) is 24.3 Å². The molecule has 0 radical (unpaired) electrons. The van der Waals surface area contributed by atoms with Crippen molar-refractivity contribution in [3.8, 4) is 0 Å². The minimum absolute atomic E-state index is 0.171. The molecule has 0 spiro atoms. The highest BCUT2D eigenvalue weighted by atomic mass is 32.2. The molecule has 144 valence electrons. The Balaban J connectivity index is 2.29. The molecule has 0 aliphatic rings. The number of non-ortho nitro benzene ring substituents is 1. The maximum atomic E-state index is 12.6. The number of carbonyl (C=O) groups is 1. The average molecular weight is 391 g/mol. The normalized spacial score (nSPS) is 12.3. The van der Waals surface area contributed by atoms with Gasteiger partial charge in [-0.3, -0.25) is 19.2 Å². The number of amides is 1. The molecule has 8 nitrogen and oxygen atoms in total. The monoisotopic (exact) mass is 391 g/mol.